The lowest BCUT2D eigenvalue weighted by Gasteiger charge is -2.06. The van der Waals surface area contributed by atoms with E-state index in [1.54, 1.807) is 18.4 Å². The van der Waals surface area contributed by atoms with Crippen molar-refractivity contribution in [3.63, 3.8) is 0 Å². The summed E-state index contributed by atoms with van der Waals surface area (Å²) < 4.78 is 6.72. The van der Waals surface area contributed by atoms with E-state index in [9.17, 15) is 0 Å². The third-order valence-corrected chi connectivity index (χ3v) is 5.11. The van der Waals surface area contributed by atoms with Crippen LogP contribution in [-0.4, -0.2) is 12.1 Å². The number of methoxy groups -OCH3 is 1. The van der Waals surface area contributed by atoms with Crippen LogP contribution in [0.25, 0.3) is 32.9 Å². The van der Waals surface area contributed by atoms with Crippen LogP contribution in [0.4, 0.5) is 0 Å². The second-order valence-corrected chi connectivity index (χ2v) is 6.72. The van der Waals surface area contributed by atoms with Gasteiger partial charge in [-0.25, -0.2) is 4.98 Å². The Labute approximate surface area is 151 Å². The lowest BCUT2D eigenvalue weighted by atomic mass is 10.1. The molecule has 1 aromatic heterocycles. The molecule has 4 rings (SSSR count). The third kappa shape index (κ3) is 3.32. The first-order chi connectivity index (χ1) is 12.3. The molecule has 0 bridgehead atoms. The molecule has 0 amide bonds. The number of fused-ring (bicyclic) bond motifs is 1. The van der Waals surface area contributed by atoms with Crippen LogP contribution in [0.2, 0.25) is 0 Å². The Morgan fingerprint density at radius 1 is 0.880 bits per heavy atom. The summed E-state index contributed by atoms with van der Waals surface area (Å²) in [4.78, 5) is 4.75. The van der Waals surface area contributed by atoms with E-state index in [2.05, 4.69) is 48.6 Å². The quantitative estimate of drug-likeness (QED) is 0.415. The van der Waals surface area contributed by atoms with Gasteiger partial charge < -0.3 is 4.74 Å². The van der Waals surface area contributed by atoms with E-state index < -0.39 is 0 Å². The maximum absolute atomic E-state index is 5.52. The molecule has 4 aromatic rings. The SMILES string of the molecule is COc1ccc(-c2nc3ccccc3s2)cc1C=Cc1ccccc1. The number of para-hydroxylation sites is 1. The summed E-state index contributed by atoms with van der Waals surface area (Å²) in [6, 6.07) is 24.7. The second kappa shape index (κ2) is 6.91. The van der Waals surface area contributed by atoms with Crippen molar-refractivity contribution in [2.24, 2.45) is 0 Å². The highest BCUT2D eigenvalue weighted by molar-refractivity contribution is 7.21. The molecular formula is C22H17NOS. The summed E-state index contributed by atoms with van der Waals surface area (Å²) in [7, 11) is 1.70. The lowest BCUT2D eigenvalue weighted by molar-refractivity contribution is 0.414. The Morgan fingerprint density at radius 2 is 1.68 bits per heavy atom. The number of ether oxygens (including phenoxy) is 1. The van der Waals surface area contributed by atoms with Crippen LogP contribution >= 0.6 is 11.3 Å². The Hall–Kier alpha value is -2.91. The topological polar surface area (TPSA) is 22.1 Å². The molecule has 0 aliphatic heterocycles. The van der Waals surface area contributed by atoms with Crippen molar-refractivity contribution in [2.75, 3.05) is 7.11 Å². The van der Waals surface area contributed by atoms with Crippen molar-refractivity contribution in [1.29, 1.82) is 0 Å². The number of thiazole rings is 1. The van der Waals surface area contributed by atoms with Gasteiger partial charge in [0, 0.05) is 11.1 Å². The molecule has 0 aliphatic carbocycles. The Morgan fingerprint density at radius 3 is 2.48 bits per heavy atom. The van der Waals surface area contributed by atoms with Crippen LogP contribution in [0.3, 0.4) is 0 Å². The molecule has 0 saturated heterocycles. The first-order valence-corrected chi connectivity index (χ1v) is 8.92. The molecule has 0 unspecified atom stereocenters. The molecule has 0 atom stereocenters. The number of rotatable bonds is 4. The van der Waals surface area contributed by atoms with E-state index in [0.717, 1.165) is 33.0 Å². The van der Waals surface area contributed by atoms with Gasteiger partial charge in [-0.1, -0.05) is 54.6 Å². The highest BCUT2D eigenvalue weighted by atomic mass is 32.1. The fourth-order valence-electron chi connectivity index (χ4n) is 2.74. The highest BCUT2D eigenvalue weighted by Gasteiger charge is 2.08. The highest BCUT2D eigenvalue weighted by Crippen LogP contribution is 2.33. The Bertz CT molecular complexity index is 1000. The molecule has 0 aliphatic rings. The minimum Gasteiger partial charge on any atom is -0.496 e. The molecular weight excluding hydrogens is 326 g/mol. The number of aromatic nitrogens is 1. The number of nitrogens with zero attached hydrogens (tertiary/aromatic N) is 1. The standard InChI is InChI=1S/C22H17NOS/c1-24-20-14-13-18(22-23-19-9-5-6-10-21(19)25-22)15-17(20)12-11-16-7-3-2-4-8-16/h2-15H,1H3. The van der Waals surface area contributed by atoms with Gasteiger partial charge in [-0.05, 0) is 35.9 Å². The zero-order valence-corrected chi connectivity index (χ0v) is 14.7. The fraction of sp³-hybridized carbons (Fsp3) is 0.0455. The van der Waals surface area contributed by atoms with Crippen LogP contribution in [0.1, 0.15) is 11.1 Å². The van der Waals surface area contributed by atoms with Crippen molar-refractivity contribution in [3.8, 4) is 16.3 Å². The maximum atomic E-state index is 5.52. The minimum absolute atomic E-state index is 0.858. The Balaban J connectivity index is 1.74. The van der Waals surface area contributed by atoms with E-state index in [4.69, 9.17) is 9.72 Å². The van der Waals surface area contributed by atoms with Crippen LogP contribution in [0.5, 0.6) is 5.75 Å². The third-order valence-electron chi connectivity index (χ3n) is 4.03. The molecule has 1 heterocycles. The zero-order chi connectivity index (χ0) is 17.1. The van der Waals surface area contributed by atoms with Gasteiger partial charge in [0.15, 0.2) is 0 Å². The molecule has 0 spiro atoms. The molecule has 0 saturated carbocycles. The first kappa shape index (κ1) is 15.6. The van der Waals surface area contributed by atoms with Crippen molar-refractivity contribution < 1.29 is 4.74 Å². The lowest BCUT2D eigenvalue weighted by Crippen LogP contribution is -1.88. The molecule has 3 aromatic carbocycles. The summed E-state index contributed by atoms with van der Waals surface area (Å²) in [6.07, 6.45) is 4.19. The van der Waals surface area contributed by atoms with Gasteiger partial charge in [0.05, 0.1) is 17.3 Å². The number of benzene rings is 3. The normalized spacial score (nSPS) is 11.2. The van der Waals surface area contributed by atoms with Gasteiger partial charge >= 0.3 is 0 Å². The van der Waals surface area contributed by atoms with E-state index >= 15 is 0 Å². The molecule has 0 radical (unpaired) electrons. The summed E-state index contributed by atoms with van der Waals surface area (Å²) in [5.74, 6) is 0.858. The molecule has 0 fully saturated rings. The number of hydrogen-bond acceptors (Lipinski definition) is 3. The molecule has 25 heavy (non-hydrogen) atoms. The minimum atomic E-state index is 0.858. The Kier molecular flexibility index (Phi) is 4.32. The van der Waals surface area contributed by atoms with Crippen LogP contribution in [0, 0.1) is 0 Å². The largest absolute Gasteiger partial charge is 0.496 e. The van der Waals surface area contributed by atoms with Crippen molar-refractivity contribution in [2.45, 2.75) is 0 Å². The van der Waals surface area contributed by atoms with E-state index in [-0.39, 0.29) is 0 Å². The van der Waals surface area contributed by atoms with Gasteiger partial charge in [0.25, 0.3) is 0 Å². The predicted molar refractivity (Wildman–Crippen MR) is 107 cm³/mol. The summed E-state index contributed by atoms with van der Waals surface area (Å²) >= 11 is 1.71. The summed E-state index contributed by atoms with van der Waals surface area (Å²) in [6.45, 7) is 0. The van der Waals surface area contributed by atoms with E-state index in [0.29, 0.717) is 0 Å². The maximum Gasteiger partial charge on any atom is 0.126 e. The van der Waals surface area contributed by atoms with Crippen LogP contribution < -0.4 is 4.74 Å². The zero-order valence-electron chi connectivity index (χ0n) is 13.8. The fourth-order valence-corrected chi connectivity index (χ4v) is 3.71. The van der Waals surface area contributed by atoms with Gasteiger partial charge in [-0.15, -0.1) is 11.3 Å². The molecule has 122 valence electrons. The van der Waals surface area contributed by atoms with E-state index in [1.807, 2.05) is 36.4 Å². The van der Waals surface area contributed by atoms with E-state index in [1.165, 1.54) is 4.70 Å². The second-order valence-electron chi connectivity index (χ2n) is 5.69. The van der Waals surface area contributed by atoms with Gasteiger partial charge in [-0.2, -0.15) is 0 Å². The smallest absolute Gasteiger partial charge is 0.126 e. The van der Waals surface area contributed by atoms with Gasteiger partial charge in [0.1, 0.15) is 10.8 Å². The average Bonchev–Trinajstić information content (AvgIpc) is 3.11. The van der Waals surface area contributed by atoms with Crippen molar-refractivity contribution >= 4 is 33.7 Å². The molecule has 2 nitrogen and oxygen atoms in total. The molecule has 0 N–H and O–H groups in total. The van der Waals surface area contributed by atoms with Crippen molar-refractivity contribution in [1.82, 2.24) is 4.98 Å². The summed E-state index contributed by atoms with van der Waals surface area (Å²) in [5.41, 5.74) is 4.35. The van der Waals surface area contributed by atoms with Crippen molar-refractivity contribution in [3.05, 3.63) is 83.9 Å². The van der Waals surface area contributed by atoms with Crippen LogP contribution in [-0.2, 0) is 0 Å². The number of hydrogen-bond donors (Lipinski definition) is 0. The summed E-state index contributed by atoms with van der Waals surface area (Å²) in [5, 5.41) is 1.03. The molecule has 3 heteroatoms. The van der Waals surface area contributed by atoms with Gasteiger partial charge in [-0.3, -0.25) is 0 Å². The van der Waals surface area contributed by atoms with Gasteiger partial charge in [0.2, 0.25) is 0 Å². The monoisotopic (exact) mass is 343 g/mol. The predicted octanol–water partition coefficient (Wildman–Crippen LogP) is 6.14. The first-order valence-electron chi connectivity index (χ1n) is 8.10. The average molecular weight is 343 g/mol. The van der Waals surface area contributed by atoms with Crippen LogP contribution in [0.15, 0.2) is 72.8 Å².